The molecule has 1 N–H and O–H groups in total. The van der Waals surface area contributed by atoms with E-state index in [1.807, 2.05) is 17.5 Å². The first-order chi connectivity index (χ1) is 14.6. The molecule has 1 aliphatic heterocycles. The molecule has 0 saturated heterocycles. The van der Waals surface area contributed by atoms with Crippen molar-refractivity contribution in [2.75, 3.05) is 5.32 Å². The SMILES string of the molecule is O=C(Nc1nnc(-c2cccs2)s1)c1ccc2c(c1)C(=O)N(Cc1ccco1)C2=O. The highest BCUT2D eigenvalue weighted by atomic mass is 32.1. The summed E-state index contributed by atoms with van der Waals surface area (Å²) in [6.07, 6.45) is 1.48. The molecule has 1 aromatic carbocycles. The molecule has 0 unspecified atom stereocenters. The lowest BCUT2D eigenvalue weighted by atomic mass is 10.1. The average Bonchev–Trinajstić information content (AvgIpc) is 3.54. The molecule has 0 aliphatic carbocycles. The van der Waals surface area contributed by atoms with Crippen LogP contribution in [0.3, 0.4) is 0 Å². The minimum absolute atomic E-state index is 0.0388. The van der Waals surface area contributed by atoms with Crippen LogP contribution in [0.1, 0.15) is 36.8 Å². The van der Waals surface area contributed by atoms with Crippen LogP contribution in [0.5, 0.6) is 0 Å². The first kappa shape index (κ1) is 18.4. The predicted octanol–water partition coefficient (Wildman–Crippen LogP) is 3.91. The Kier molecular flexibility index (Phi) is 4.49. The van der Waals surface area contributed by atoms with Crippen molar-refractivity contribution in [1.29, 1.82) is 0 Å². The number of fused-ring (bicyclic) bond motifs is 1. The van der Waals surface area contributed by atoms with Crippen molar-refractivity contribution in [3.63, 3.8) is 0 Å². The Balaban J connectivity index is 1.35. The molecular formula is C20H12N4O4S2. The third-order valence-corrected chi connectivity index (χ3v) is 6.38. The zero-order chi connectivity index (χ0) is 20.7. The number of hydrogen-bond donors (Lipinski definition) is 1. The van der Waals surface area contributed by atoms with Crippen LogP contribution in [-0.4, -0.2) is 32.8 Å². The fourth-order valence-corrected chi connectivity index (χ4v) is 4.61. The van der Waals surface area contributed by atoms with Gasteiger partial charge in [0.1, 0.15) is 5.76 Å². The van der Waals surface area contributed by atoms with Gasteiger partial charge in [0.15, 0.2) is 5.01 Å². The van der Waals surface area contributed by atoms with E-state index in [1.54, 1.807) is 12.1 Å². The molecule has 0 saturated carbocycles. The van der Waals surface area contributed by atoms with Crippen molar-refractivity contribution in [3.05, 3.63) is 76.6 Å². The summed E-state index contributed by atoms with van der Waals surface area (Å²) in [4.78, 5) is 40.0. The van der Waals surface area contributed by atoms with Crippen LogP contribution in [0.2, 0.25) is 0 Å². The summed E-state index contributed by atoms with van der Waals surface area (Å²) in [5, 5.41) is 13.8. The molecule has 0 atom stereocenters. The van der Waals surface area contributed by atoms with Crippen LogP contribution in [0.25, 0.3) is 9.88 Å². The molecule has 148 valence electrons. The molecule has 0 radical (unpaired) electrons. The fourth-order valence-electron chi connectivity index (χ4n) is 3.08. The molecule has 8 nitrogen and oxygen atoms in total. The van der Waals surface area contributed by atoms with E-state index in [9.17, 15) is 14.4 Å². The molecular weight excluding hydrogens is 424 g/mol. The topological polar surface area (TPSA) is 105 Å². The van der Waals surface area contributed by atoms with Gasteiger partial charge in [0.05, 0.1) is 28.8 Å². The minimum Gasteiger partial charge on any atom is -0.467 e. The smallest absolute Gasteiger partial charge is 0.261 e. The van der Waals surface area contributed by atoms with Crippen LogP contribution in [0.4, 0.5) is 5.13 Å². The lowest BCUT2D eigenvalue weighted by Gasteiger charge is -2.11. The number of benzene rings is 1. The van der Waals surface area contributed by atoms with Crippen molar-refractivity contribution >= 4 is 45.5 Å². The predicted molar refractivity (Wildman–Crippen MR) is 111 cm³/mol. The number of imide groups is 1. The zero-order valence-corrected chi connectivity index (χ0v) is 16.8. The van der Waals surface area contributed by atoms with E-state index in [2.05, 4.69) is 15.5 Å². The van der Waals surface area contributed by atoms with E-state index < -0.39 is 17.7 Å². The quantitative estimate of drug-likeness (QED) is 0.476. The van der Waals surface area contributed by atoms with Crippen molar-refractivity contribution in [1.82, 2.24) is 15.1 Å². The summed E-state index contributed by atoms with van der Waals surface area (Å²) < 4.78 is 5.23. The van der Waals surface area contributed by atoms with Crippen molar-refractivity contribution in [3.8, 4) is 9.88 Å². The van der Waals surface area contributed by atoms with E-state index in [0.29, 0.717) is 15.9 Å². The summed E-state index contributed by atoms with van der Waals surface area (Å²) in [5.41, 5.74) is 0.706. The van der Waals surface area contributed by atoms with Gasteiger partial charge in [-0.2, -0.15) is 0 Å². The Hall–Kier alpha value is -3.63. The lowest BCUT2D eigenvalue weighted by molar-refractivity contribution is 0.0631. The Morgan fingerprint density at radius 1 is 1.07 bits per heavy atom. The standard InChI is InChI=1S/C20H12N4O4S2/c25-16(21-20-23-22-17(30-20)15-4-2-8-29-15)11-5-6-13-14(9-11)19(27)24(18(13)26)10-12-3-1-7-28-12/h1-9H,10H2,(H,21,23,25). The maximum atomic E-state index is 12.7. The fraction of sp³-hybridized carbons (Fsp3) is 0.0500. The summed E-state index contributed by atoms with van der Waals surface area (Å²) in [6.45, 7) is 0.0388. The Morgan fingerprint density at radius 3 is 2.70 bits per heavy atom. The Bertz CT molecular complexity index is 1260. The van der Waals surface area contributed by atoms with Crippen molar-refractivity contribution in [2.45, 2.75) is 6.54 Å². The highest BCUT2D eigenvalue weighted by molar-refractivity contribution is 7.23. The monoisotopic (exact) mass is 436 g/mol. The normalized spacial score (nSPS) is 13.0. The van der Waals surface area contributed by atoms with Gasteiger partial charge in [-0.3, -0.25) is 24.6 Å². The van der Waals surface area contributed by atoms with E-state index in [-0.39, 0.29) is 23.2 Å². The first-order valence-electron chi connectivity index (χ1n) is 8.81. The maximum absolute atomic E-state index is 12.7. The Labute approximate surface area is 177 Å². The molecule has 0 bridgehead atoms. The van der Waals surface area contributed by atoms with E-state index >= 15 is 0 Å². The number of anilines is 1. The number of hydrogen-bond acceptors (Lipinski definition) is 8. The van der Waals surface area contributed by atoms with E-state index in [0.717, 1.165) is 9.78 Å². The number of thiophene rings is 1. The van der Waals surface area contributed by atoms with Crippen LogP contribution in [0, 0.1) is 0 Å². The minimum atomic E-state index is -0.461. The van der Waals surface area contributed by atoms with Gasteiger partial charge in [-0.1, -0.05) is 17.4 Å². The summed E-state index contributed by atoms with van der Waals surface area (Å²) in [6, 6.07) is 11.6. The number of amides is 3. The average molecular weight is 436 g/mol. The molecule has 0 spiro atoms. The number of carbonyl (C=O) groups is 3. The van der Waals surface area contributed by atoms with Gasteiger partial charge in [-0.05, 0) is 41.8 Å². The number of carbonyl (C=O) groups excluding carboxylic acids is 3. The largest absolute Gasteiger partial charge is 0.467 e. The summed E-state index contributed by atoms with van der Waals surface area (Å²) in [5.74, 6) is -0.809. The van der Waals surface area contributed by atoms with Crippen LogP contribution < -0.4 is 5.32 Å². The van der Waals surface area contributed by atoms with Crippen LogP contribution in [-0.2, 0) is 6.54 Å². The second kappa shape index (κ2) is 7.32. The van der Waals surface area contributed by atoms with Gasteiger partial charge in [-0.25, -0.2) is 0 Å². The van der Waals surface area contributed by atoms with E-state index in [4.69, 9.17) is 4.42 Å². The van der Waals surface area contributed by atoms with Crippen LogP contribution >= 0.6 is 22.7 Å². The highest BCUT2D eigenvalue weighted by Crippen LogP contribution is 2.30. The summed E-state index contributed by atoms with van der Waals surface area (Å²) in [7, 11) is 0. The highest BCUT2D eigenvalue weighted by Gasteiger charge is 2.36. The maximum Gasteiger partial charge on any atom is 0.261 e. The van der Waals surface area contributed by atoms with Gasteiger partial charge < -0.3 is 4.42 Å². The molecule has 0 fully saturated rings. The number of nitrogens with one attached hydrogen (secondary N) is 1. The second-order valence-electron chi connectivity index (χ2n) is 6.38. The molecule has 1 aliphatic rings. The third-order valence-electron chi connectivity index (χ3n) is 4.50. The molecule has 3 aromatic heterocycles. The molecule has 3 amide bonds. The third kappa shape index (κ3) is 3.21. The number of nitrogens with zero attached hydrogens (tertiary/aromatic N) is 3. The molecule has 10 heteroatoms. The number of furan rings is 1. The second-order valence-corrected chi connectivity index (χ2v) is 8.31. The first-order valence-corrected chi connectivity index (χ1v) is 10.5. The van der Waals surface area contributed by atoms with Gasteiger partial charge in [0.2, 0.25) is 5.13 Å². The Morgan fingerprint density at radius 2 is 1.93 bits per heavy atom. The van der Waals surface area contributed by atoms with Gasteiger partial charge in [0, 0.05) is 5.56 Å². The molecule has 4 heterocycles. The van der Waals surface area contributed by atoms with Gasteiger partial charge in [0.25, 0.3) is 17.7 Å². The number of aromatic nitrogens is 2. The molecule has 4 aromatic rings. The number of rotatable bonds is 5. The van der Waals surface area contributed by atoms with Gasteiger partial charge in [-0.15, -0.1) is 21.5 Å². The van der Waals surface area contributed by atoms with Crippen molar-refractivity contribution in [2.24, 2.45) is 0 Å². The molecule has 5 rings (SSSR count). The summed E-state index contributed by atoms with van der Waals surface area (Å²) >= 11 is 2.79. The molecule has 30 heavy (non-hydrogen) atoms. The van der Waals surface area contributed by atoms with E-state index in [1.165, 1.54) is 47.1 Å². The van der Waals surface area contributed by atoms with Crippen LogP contribution in [0.15, 0.2) is 58.5 Å². The zero-order valence-electron chi connectivity index (χ0n) is 15.2. The lowest BCUT2D eigenvalue weighted by Crippen LogP contribution is -2.28. The van der Waals surface area contributed by atoms with Crippen molar-refractivity contribution < 1.29 is 18.8 Å². The van der Waals surface area contributed by atoms with Gasteiger partial charge >= 0.3 is 0 Å².